The number of allylic oxidation sites excluding steroid dienone is 1. The number of non-ortho nitro benzene ring substituents is 1. The molecule has 11 nitrogen and oxygen atoms in total. The maximum Gasteiger partial charge on any atom is 0.338 e. The summed E-state index contributed by atoms with van der Waals surface area (Å²) in [6.45, 7) is 5.39. The van der Waals surface area contributed by atoms with Crippen molar-refractivity contribution in [1.29, 1.82) is 0 Å². The number of furan rings is 1. The maximum absolute atomic E-state index is 13.9. The van der Waals surface area contributed by atoms with Crippen LogP contribution in [0.1, 0.15) is 36.8 Å². The second-order valence-corrected chi connectivity index (χ2v) is 10.4. The van der Waals surface area contributed by atoms with Gasteiger partial charge in [0.05, 0.1) is 41.6 Å². The van der Waals surface area contributed by atoms with E-state index in [2.05, 4.69) is 4.99 Å². The van der Waals surface area contributed by atoms with Crippen molar-refractivity contribution in [2.24, 2.45) is 4.99 Å². The molecule has 42 heavy (non-hydrogen) atoms. The third kappa shape index (κ3) is 5.12. The predicted octanol–water partition coefficient (Wildman–Crippen LogP) is 4.29. The highest BCUT2D eigenvalue weighted by atomic mass is 32.1. The molecule has 4 aromatic rings. The van der Waals surface area contributed by atoms with Crippen LogP contribution >= 0.6 is 11.3 Å². The minimum atomic E-state index is -0.872. The van der Waals surface area contributed by atoms with Gasteiger partial charge in [-0.25, -0.2) is 9.79 Å². The molecule has 3 heterocycles. The first-order valence-corrected chi connectivity index (χ1v) is 13.7. The Balaban J connectivity index is 1.66. The summed E-state index contributed by atoms with van der Waals surface area (Å²) in [7, 11) is 3.03. The number of aromatic nitrogens is 1. The zero-order chi connectivity index (χ0) is 30.1. The summed E-state index contributed by atoms with van der Waals surface area (Å²) in [6, 6.07) is 12.2. The van der Waals surface area contributed by atoms with Gasteiger partial charge < -0.3 is 18.6 Å². The number of nitro benzene ring substituents is 1. The molecule has 0 saturated heterocycles. The summed E-state index contributed by atoms with van der Waals surface area (Å²) in [5.41, 5.74) is 2.14. The second-order valence-electron chi connectivity index (χ2n) is 9.37. The van der Waals surface area contributed by atoms with E-state index in [0.717, 1.165) is 16.9 Å². The predicted molar refractivity (Wildman–Crippen MR) is 155 cm³/mol. The third-order valence-corrected chi connectivity index (χ3v) is 7.83. The van der Waals surface area contributed by atoms with Gasteiger partial charge in [-0.15, -0.1) is 0 Å². The maximum atomic E-state index is 13.9. The monoisotopic (exact) mass is 589 g/mol. The van der Waals surface area contributed by atoms with E-state index in [0.29, 0.717) is 49.2 Å². The minimum Gasteiger partial charge on any atom is -0.497 e. The van der Waals surface area contributed by atoms with Crippen LogP contribution in [0.4, 0.5) is 5.69 Å². The molecule has 0 aliphatic carbocycles. The molecule has 0 fully saturated rings. The van der Waals surface area contributed by atoms with E-state index in [-0.39, 0.29) is 23.4 Å². The number of ether oxygens (including phenoxy) is 3. The summed E-state index contributed by atoms with van der Waals surface area (Å²) in [4.78, 5) is 42.9. The van der Waals surface area contributed by atoms with Gasteiger partial charge in [0.25, 0.3) is 11.2 Å². The number of thiazole rings is 1. The molecule has 0 radical (unpaired) electrons. The fraction of sp³-hybridized carbons (Fsp3) is 0.233. The Bertz CT molecular complexity index is 1930. The van der Waals surface area contributed by atoms with E-state index in [9.17, 15) is 19.7 Å². The molecule has 0 N–H and O–H groups in total. The molecule has 1 atom stereocenters. The number of nitrogens with zero attached hydrogens (tertiary/aromatic N) is 3. The molecular formula is C30H27N3O8S. The largest absolute Gasteiger partial charge is 0.497 e. The van der Waals surface area contributed by atoms with Crippen LogP contribution in [0.2, 0.25) is 0 Å². The highest BCUT2D eigenvalue weighted by Gasteiger charge is 2.35. The fourth-order valence-electron chi connectivity index (χ4n) is 4.82. The Kier molecular flexibility index (Phi) is 7.81. The van der Waals surface area contributed by atoms with E-state index in [4.69, 9.17) is 18.6 Å². The van der Waals surface area contributed by atoms with Crippen LogP contribution in [0.3, 0.4) is 0 Å². The Hall–Kier alpha value is -4.97. The topological polar surface area (TPSA) is 135 Å². The van der Waals surface area contributed by atoms with Crippen molar-refractivity contribution in [1.82, 2.24) is 4.57 Å². The van der Waals surface area contributed by atoms with Gasteiger partial charge >= 0.3 is 5.97 Å². The molecular weight excluding hydrogens is 562 g/mol. The van der Waals surface area contributed by atoms with Gasteiger partial charge in [-0.05, 0) is 50.6 Å². The molecule has 12 heteroatoms. The van der Waals surface area contributed by atoms with Crippen LogP contribution in [0.25, 0.3) is 17.4 Å². The van der Waals surface area contributed by atoms with Gasteiger partial charge in [-0.1, -0.05) is 17.4 Å². The van der Waals surface area contributed by atoms with Gasteiger partial charge in [0.1, 0.15) is 29.1 Å². The summed E-state index contributed by atoms with van der Waals surface area (Å²) < 4.78 is 24.1. The molecule has 0 bridgehead atoms. The van der Waals surface area contributed by atoms with Gasteiger partial charge in [-0.3, -0.25) is 19.5 Å². The Labute approximate surface area is 243 Å². The van der Waals surface area contributed by atoms with E-state index >= 15 is 0 Å². The van der Waals surface area contributed by atoms with Gasteiger partial charge in [0.2, 0.25) is 0 Å². The lowest BCUT2D eigenvalue weighted by atomic mass is 9.95. The molecule has 0 amide bonds. The number of methoxy groups -OCH3 is 2. The zero-order valence-corrected chi connectivity index (χ0v) is 24.3. The number of carbonyl (C=O) groups is 1. The smallest absolute Gasteiger partial charge is 0.338 e. The van der Waals surface area contributed by atoms with E-state index in [1.54, 1.807) is 56.3 Å². The Morgan fingerprint density at radius 2 is 1.93 bits per heavy atom. The first-order valence-electron chi connectivity index (χ1n) is 12.9. The van der Waals surface area contributed by atoms with Crippen LogP contribution in [0, 0.1) is 17.0 Å². The molecule has 2 aromatic heterocycles. The Morgan fingerprint density at radius 3 is 2.62 bits per heavy atom. The van der Waals surface area contributed by atoms with Crippen molar-refractivity contribution in [2.45, 2.75) is 26.8 Å². The molecule has 5 rings (SSSR count). The van der Waals surface area contributed by atoms with Crippen molar-refractivity contribution in [2.75, 3.05) is 20.8 Å². The lowest BCUT2D eigenvalue weighted by Gasteiger charge is -2.26. The molecule has 2 aromatic carbocycles. The standard InChI is InChI=1S/C30H27N3O8S/c1-6-40-29(35)26-17(3)31-30-32(27(26)21-11-9-19(38-4)14-24(21)39-5)28(34)25(42-30)15-20-10-12-23(41-20)22-13-18(33(36)37)8-7-16(22)2/h7-15,27H,6H2,1-5H3/b25-15-/t27-/m1/s1. The quantitative estimate of drug-likeness (QED) is 0.169. The average molecular weight is 590 g/mol. The van der Waals surface area contributed by atoms with Crippen LogP contribution < -0.4 is 24.4 Å². The van der Waals surface area contributed by atoms with Crippen molar-refractivity contribution in [3.63, 3.8) is 0 Å². The number of fused-ring (bicyclic) bond motifs is 1. The number of carbonyl (C=O) groups excluding carboxylic acids is 1. The highest BCUT2D eigenvalue weighted by Crippen LogP contribution is 2.37. The van der Waals surface area contributed by atoms with Crippen LogP contribution in [0.5, 0.6) is 11.5 Å². The number of esters is 1. The second kappa shape index (κ2) is 11.5. The molecule has 216 valence electrons. The molecule has 1 aliphatic heterocycles. The molecule has 0 unspecified atom stereocenters. The average Bonchev–Trinajstić information content (AvgIpc) is 3.56. The number of hydrogen-bond donors (Lipinski definition) is 0. The highest BCUT2D eigenvalue weighted by molar-refractivity contribution is 7.07. The Morgan fingerprint density at radius 1 is 1.14 bits per heavy atom. The lowest BCUT2D eigenvalue weighted by Crippen LogP contribution is -2.40. The van der Waals surface area contributed by atoms with Crippen molar-refractivity contribution >= 4 is 29.1 Å². The van der Waals surface area contributed by atoms with Crippen molar-refractivity contribution in [3.05, 3.63) is 106 Å². The number of benzene rings is 2. The summed E-state index contributed by atoms with van der Waals surface area (Å²) in [5, 5.41) is 11.3. The lowest BCUT2D eigenvalue weighted by molar-refractivity contribution is -0.384. The summed E-state index contributed by atoms with van der Waals surface area (Å²) in [5.74, 6) is 1.19. The summed E-state index contributed by atoms with van der Waals surface area (Å²) in [6.07, 6.45) is 1.59. The van der Waals surface area contributed by atoms with E-state index in [1.165, 1.54) is 30.9 Å². The normalized spacial score (nSPS) is 14.8. The van der Waals surface area contributed by atoms with Gasteiger partial charge in [0.15, 0.2) is 4.80 Å². The van der Waals surface area contributed by atoms with E-state index in [1.807, 2.05) is 6.92 Å². The molecule has 0 spiro atoms. The number of aryl methyl sites for hydroxylation is 1. The van der Waals surface area contributed by atoms with Crippen LogP contribution in [-0.2, 0) is 9.53 Å². The minimum absolute atomic E-state index is 0.0522. The van der Waals surface area contributed by atoms with Crippen LogP contribution in [0.15, 0.2) is 74.0 Å². The van der Waals surface area contributed by atoms with Crippen molar-refractivity contribution < 1.29 is 28.3 Å². The number of nitro groups is 1. The molecule has 0 saturated carbocycles. The third-order valence-electron chi connectivity index (χ3n) is 6.85. The number of rotatable bonds is 8. The first-order chi connectivity index (χ1) is 20.2. The first kappa shape index (κ1) is 28.6. The van der Waals surface area contributed by atoms with Gasteiger partial charge in [0, 0.05) is 35.4 Å². The van der Waals surface area contributed by atoms with Gasteiger partial charge in [-0.2, -0.15) is 0 Å². The SMILES string of the molecule is CCOC(=O)C1=C(C)N=c2s/c(=C\c3ccc(-c4cc([N+](=O)[O-])ccc4C)o3)c(=O)n2[C@@H]1c1ccc(OC)cc1OC. The molecule has 1 aliphatic rings. The summed E-state index contributed by atoms with van der Waals surface area (Å²) >= 11 is 1.15. The van der Waals surface area contributed by atoms with E-state index < -0.39 is 16.9 Å². The zero-order valence-electron chi connectivity index (χ0n) is 23.5. The van der Waals surface area contributed by atoms with Crippen LogP contribution in [-0.4, -0.2) is 36.3 Å². The van der Waals surface area contributed by atoms with Crippen molar-refractivity contribution in [3.8, 4) is 22.8 Å². The number of hydrogen-bond acceptors (Lipinski definition) is 10. The fourth-order valence-corrected chi connectivity index (χ4v) is 5.85.